The molecule has 2 heterocycles. The van der Waals surface area contributed by atoms with Crippen LogP contribution in [0.5, 0.6) is 0 Å². The van der Waals surface area contributed by atoms with Crippen LogP contribution < -0.4 is 5.32 Å². The standard InChI is InChI=1S/C20H21N3O2/c1-25-20(24)19-17(9-10-18-21-11-12-23(18)19)22-13-15-7-4-6-14-5-2-3-8-16(14)15/h4,6-7,9-12,22H,2-3,5,8,13H2,1H3. The molecule has 0 fully saturated rings. The number of rotatable bonds is 4. The van der Waals surface area contributed by atoms with Crippen molar-refractivity contribution < 1.29 is 9.53 Å². The first kappa shape index (κ1) is 15.7. The van der Waals surface area contributed by atoms with Gasteiger partial charge in [-0.05, 0) is 54.5 Å². The number of anilines is 1. The van der Waals surface area contributed by atoms with E-state index in [0.29, 0.717) is 12.2 Å². The second kappa shape index (κ2) is 6.59. The van der Waals surface area contributed by atoms with Gasteiger partial charge in [-0.25, -0.2) is 9.78 Å². The Bertz CT molecular complexity index is 930. The molecule has 4 rings (SSSR count). The highest BCUT2D eigenvalue weighted by Crippen LogP contribution is 2.26. The van der Waals surface area contributed by atoms with E-state index in [2.05, 4.69) is 28.5 Å². The number of nitrogens with zero attached hydrogens (tertiary/aromatic N) is 2. The van der Waals surface area contributed by atoms with Crippen molar-refractivity contribution >= 4 is 17.3 Å². The normalized spacial score (nSPS) is 13.5. The molecule has 1 aromatic carbocycles. The van der Waals surface area contributed by atoms with Gasteiger partial charge in [-0.15, -0.1) is 0 Å². The quantitative estimate of drug-likeness (QED) is 0.740. The highest BCUT2D eigenvalue weighted by atomic mass is 16.5. The summed E-state index contributed by atoms with van der Waals surface area (Å²) in [6, 6.07) is 10.3. The van der Waals surface area contributed by atoms with Crippen LogP contribution >= 0.6 is 0 Å². The maximum Gasteiger partial charge on any atom is 0.357 e. The summed E-state index contributed by atoms with van der Waals surface area (Å²) < 4.78 is 6.73. The second-order valence-electron chi connectivity index (χ2n) is 6.36. The summed E-state index contributed by atoms with van der Waals surface area (Å²) in [6.07, 6.45) is 8.28. The van der Waals surface area contributed by atoms with Crippen molar-refractivity contribution in [3.8, 4) is 0 Å². The number of nitrogens with one attached hydrogen (secondary N) is 1. The molecule has 0 amide bonds. The van der Waals surface area contributed by atoms with Crippen LogP contribution in [0.2, 0.25) is 0 Å². The Morgan fingerprint density at radius 1 is 1.24 bits per heavy atom. The summed E-state index contributed by atoms with van der Waals surface area (Å²) in [5.41, 5.74) is 6.18. The first-order valence-electron chi connectivity index (χ1n) is 8.66. The molecule has 1 aliphatic rings. The summed E-state index contributed by atoms with van der Waals surface area (Å²) >= 11 is 0. The third-order valence-electron chi connectivity index (χ3n) is 4.91. The first-order chi connectivity index (χ1) is 12.3. The fourth-order valence-electron chi connectivity index (χ4n) is 3.66. The SMILES string of the molecule is COC(=O)c1c(NCc2cccc3c2CCCC3)ccc2nccn12. The average Bonchev–Trinajstić information content (AvgIpc) is 3.14. The van der Waals surface area contributed by atoms with Crippen molar-refractivity contribution in [3.05, 3.63) is 65.1 Å². The lowest BCUT2D eigenvalue weighted by Crippen LogP contribution is -2.14. The molecule has 0 bridgehead atoms. The summed E-state index contributed by atoms with van der Waals surface area (Å²) in [4.78, 5) is 16.5. The zero-order chi connectivity index (χ0) is 17.2. The monoisotopic (exact) mass is 335 g/mol. The fourth-order valence-corrected chi connectivity index (χ4v) is 3.66. The molecule has 25 heavy (non-hydrogen) atoms. The number of aryl methyl sites for hydroxylation is 1. The number of ether oxygens (including phenoxy) is 1. The molecule has 0 radical (unpaired) electrons. The first-order valence-corrected chi connectivity index (χ1v) is 8.66. The van der Waals surface area contributed by atoms with Gasteiger partial charge in [0.05, 0.1) is 12.8 Å². The third kappa shape index (κ3) is 2.86. The fraction of sp³-hybridized carbons (Fsp3) is 0.300. The molecule has 0 saturated heterocycles. The van der Waals surface area contributed by atoms with Crippen LogP contribution in [-0.2, 0) is 24.1 Å². The number of methoxy groups -OCH3 is 1. The van der Waals surface area contributed by atoms with E-state index < -0.39 is 0 Å². The Labute approximate surface area is 146 Å². The van der Waals surface area contributed by atoms with Crippen molar-refractivity contribution in [2.24, 2.45) is 0 Å². The second-order valence-corrected chi connectivity index (χ2v) is 6.36. The van der Waals surface area contributed by atoms with E-state index in [-0.39, 0.29) is 5.97 Å². The molecule has 0 aliphatic heterocycles. The van der Waals surface area contributed by atoms with Gasteiger partial charge in [-0.2, -0.15) is 0 Å². The zero-order valence-corrected chi connectivity index (χ0v) is 14.3. The van der Waals surface area contributed by atoms with Crippen molar-refractivity contribution in [1.82, 2.24) is 9.38 Å². The molecule has 128 valence electrons. The van der Waals surface area contributed by atoms with Crippen LogP contribution in [0.3, 0.4) is 0 Å². The van der Waals surface area contributed by atoms with Crippen LogP contribution in [0.1, 0.15) is 40.0 Å². The molecule has 1 aliphatic carbocycles. The number of hydrogen-bond acceptors (Lipinski definition) is 4. The molecule has 5 heteroatoms. The lowest BCUT2D eigenvalue weighted by Gasteiger charge is -2.20. The Hall–Kier alpha value is -2.82. The van der Waals surface area contributed by atoms with E-state index in [4.69, 9.17) is 4.74 Å². The maximum atomic E-state index is 12.3. The summed E-state index contributed by atoms with van der Waals surface area (Å²) in [5.74, 6) is -0.374. The molecule has 5 nitrogen and oxygen atoms in total. The Morgan fingerprint density at radius 2 is 2.12 bits per heavy atom. The number of fused-ring (bicyclic) bond motifs is 2. The van der Waals surface area contributed by atoms with E-state index in [1.165, 1.54) is 36.6 Å². The van der Waals surface area contributed by atoms with Crippen LogP contribution in [0.4, 0.5) is 5.69 Å². The van der Waals surface area contributed by atoms with Crippen LogP contribution in [-0.4, -0.2) is 22.5 Å². The van der Waals surface area contributed by atoms with Gasteiger partial charge in [0, 0.05) is 18.9 Å². The summed E-state index contributed by atoms with van der Waals surface area (Å²) in [7, 11) is 1.40. The van der Waals surface area contributed by atoms with Gasteiger partial charge >= 0.3 is 5.97 Å². The van der Waals surface area contributed by atoms with E-state index in [1.54, 1.807) is 16.8 Å². The third-order valence-corrected chi connectivity index (χ3v) is 4.91. The molecule has 1 N–H and O–H groups in total. The number of hydrogen-bond donors (Lipinski definition) is 1. The van der Waals surface area contributed by atoms with Gasteiger partial charge < -0.3 is 10.1 Å². The number of aromatic nitrogens is 2. The maximum absolute atomic E-state index is 12.3. The number of carbonyl (C=O) groups is 1. The average molecular weight is 335 g/mol. The van der Waals surface area contributed by atoms with Crippen LogP contribution in [0.15, 0.2) is 42.7 Å². The van der Waals surface area contributed by atoms with E-state index in [0.717, 1.165) is 24.2 Å². The molecular formula is C20H21N3O2. The smallest absolute Gasteiger partial charge is 0.357 e. The lowest BCUT2D eigenvalue weighted by molar-refractivity contribution is 0.0593. The number of imidazole rings is 1. The number of pyridine rings is 1. The van der Waals surface area contributed by atoms with Crippen molar-refractivity contribution in [2.45, 2.75) is 32.2 Å². The molecule has 0 unspecified atom stereocenters. The van der Waals surface area contributed by atoms with Gasteiger partial charge in [-0.1, -0.05) is 18.2 Å². The van der Waals surface area contributed by atoms with E-state index >= 15 is 0 Å². The van der Waals surface area contributed by atoms with Gasteiger partial charge in [-0.3, -0.25) is 4.40 Å². The highest BCUT2D eigenvalue weighted by molar-refractivity contribution is 5.94. The van der Waals surface area contributed by atoms with Crippen LogP contribution in [0.25, 0.3) is 5.65 Å². The van der Waals surface area contributed by atoms with Gasteiger partial charge in [0.25, 0.3) is 0 Å². The molecule has 0 spiro atoms. The molecule has 0 atom stereocenters. The summed E-state index contributed by atoms with van der Waals surface area (Å²) in [5, 5.41) is 3.43. The lowest BCUT2D eigenvalue weighted by atomic mass is 9.88. The van der Waals surface area contributed by atoms with Crippen LogP contribution in [0, 0.1) is 0 Å². The Morgan fingerprint density at radius 3 is 3.00 bits per heavy atom. The van der Waals surface area contributed by atoms with Gasteiger partial charge in [0.2, 0.25) is 0 Å². The Balaban J connectivity index is 1.67. The predicted octanol–water partition coefficient (Wildman–Crippen LogP) is 3.61. The highest BCUT2D eigenvalue weighted by Gasteiger charge is 2.18. The predicted molar refractivity (Wildman–Crippen MR) is 96.9 cm³/mol. The zero-order valence-electron chi connectivity index (χ0n) is 14.3. The topological polar surface area (TPSA) is 55.6 Å². The Kier molecular flexibility index (Phi) is 4.14. The summed E-state index contributed by atoms with van der Waals surface area (Å²) in [6.45, 7) is 0.688. The number of esters is 1. The minimum atomic E-state index is -0.374. The van der Waals surface area contributed by atoms with Crippen molar-refractivity contribution in [3.63, 3.8) is 0 Å². The van der Waals surface area contributed by atoms with E-state index in [9.17, 15) is 4.79 Å². The van der Waals surface area contributed by atoms with Gasteiger partial charge in [0.15, 0.2) is 5.69 Å². The minimum absolute atomic E-state index is 0.374. The van der Waals surface area contributed by atoms with Crippen molar-refractivity contribution in [2.75, 3.05) is 12.4 Å². The molecular weight excluding hydrogens is 314 g/mol. The molecule has 3 aromatic rings. The molecule has 2 aromatic heterocycles. The minimum Gasteiger partial charge on any atom is -0.464 e. The van der Waals surface area contributed by atoms with Gasteiger partial charge in [0.1, 0.15) is 5.65 Å². The van der Waals surface area contributed by atoms with E-state index in [1.807, 2.05) is 12.1 Å². The molecule has 0 saturated carbocycles. The number of benzene rings is 1. The number of carbonyl (C=O) groups excluding carboxylic acids is 1. The largest absolute Gasteiger partial charge is 0.464 e. The van der Waals surface area contributed by atoms with Crippen molar-refractivity contribution in [1.29, 1.82) is 0 Å².